The molecule has 2 aromatic rings. The van der Waals surface area contributed by atoms with Gasteiger partial charge in [0.2, 0.25) is 0 Å². The van der Waals surface area contributed by atoms with Crippen molar-refractivity contribution in [1.29, 1.82) is 0 Å². The first kappa shape index (κ1) is 16.5. The van der Waals surface area contributed by atoms with Gasteiger partial charge in [0.1, 0.15) is 11.8 Å². The summed E-state index contributed by atoms with van der Waals surface area (Å²) in [6.45, 7) is 1.80. The number of hydrogen-bond acceptors (Lipinski definition) is 4. The molecule has 0 radical (unpaired) electrons. The van der Waals surface area contributed by atoms with E-state index in [1.54, 1.807) is 31.4 Å². The molecule has 0 bridgehead atoms. The Kier molecular flexibility index (Phi) is 5.13. The molecule has 1 aliphatic rings. The normalized spacial score (nSPS) is 14.7. The van der Waals surface area contributed by atoms with Crippen LogP contribution < -0.4 is 10.1 Å². The highest BCUT2D eigenvalue weighted by molar-refractivity contribution is 5.75. The van der Waals surface area contributed by atoms with Crippen LogP contribution in [0.2, 0.25) is 0 Å². The number of aliphatic carboxylic acids is 1. The highest BCUT2D eigenvalue weighted by atomic mass is 16.5. The molecule has 0 aromatic heterocycles. The van der Waals surface area contributed by atoms with Crippen LogP contribution in [0.4, 0.5) is 0 Å². The monoisotopic (exact) mass is 327 g/mol. The third-order valence-electron chi connectivity index (χ3n) is 4.30. The minimum Gasteiger partial charge on any atom is -0.497 e. The summed E-state index contributed by atoms with van der Waals surface area (Å²) >= 11 is 0. The van der Waals surface area contributed by atoms with Crippen molar-refractivity contribution in [2.24, 2.45) is 0 Å². The average Bonchev–Trinajstić information content (AvgIpc) is 2.62. The maximum Gasteiger partial charge on any atom is 0.325 e. The van der Waals surface area contributed by atoms with E-state index in [2.05, 4.69) is 11.4 Å². The van der Waals surface area contributed by atoms with Crippen molar-refractivity contribution in [1.82, 2.24) is 5.32 Å². The maximum absolute atomic E-state index is 11.7. The van der Waals surface area contributed by atoms with Gasteiger partial charge in [0.25, 0.3) is 0 Å². The number of carboxylic acid groups (broad SMARTS) is 1. The molecular formula is C19H21NO4. The Bertz CT molecular complexity index is 729. The molecular weight excluding hydrogens is 306 g/mol. The van der Waals surface area contributed by atoms with Crippen LogP contribution in [0.1, 0.15) is 28.3 Å². The fourth-order valence-electron chi connectivity index (χ4n) is 3.01. The lowest BCUT2D eigenvalue weighted by Crippen LogP contribution is -2.29. The van der Waals surface area contributed by atoms with Gasteiger partial charge in [-0.25, -0.2) is 0 Å². The molecule has 5 heteroatoms. The first-order chi connectivity index (χ1) is 11.7. The van der Waals surface area contributed by atoms with E-state index in [4.69, 9.17) is 9.47 Å². The van der Waals surface area contributed by atoms with Crippen LogP contribution in [-0.4, -0.2) is 24.8 Å². The molecule has 2 N–H and O–H groups in total. The third-order valence-corrected chi connectivity index (χ3v) is 4.30. The van der Waals surface area contributed by atoms with Crippen LogP contribution in [0.3, 0.4) is 0 Å². The quantitative estimate of drug-likeness (QED) is 0.854. The molecule has 0 saturated heterocycles. The maximum atomic E-state index is 11.7. The van der Waals surface area contributed by atoms with E-state index in [0.717, 1.165) is 18.6 Å². The Morgan fingerprint density at radius 3 is 2.96 bits per heavy atom. The SMILES string of the molecule is COc1cccc(C(NCc2cccc3c2COCC3)C(=O)O)c1. The van der Waals surface area contributed by atoms with Gasteiger partial charge in [0, 0.05) is 6.54 Å². The molecule has 0 aliphatic carbocycles. The third kappa shape index (κ3) is 3.58. The summed E-state index contributed by atoms with van der Waals surface area (Å²) < 4.78 is 10.7. The molecule has 0 saturated carbocycles. The average molecular weight is 327 g/mol. The number of hydrogen-bond donors (Lipinski definition) is 2. The van der Waals surface area contributed by atoms with E-state index in [-0.39, 0.29) is 0 Å². The molecule has 126 valence electrons. The number of fused-ring (bicyclic) bond motifs is 1. The Balaban J connectivity index is 1.79. The second kappa shape index (κ2) is 7.47. The smallest absolute Gasteiger partial charge is 0.325 e. The summed E-state index contributed by atoms with van der Waals surface area (Å²) in [5, 5.41) is 12.7. The van der Waals surface area contributed by atoms with Gasteiger partial charge in [-0.15, -0.1) is 0 Å². The van der Waals surface area contributed by atoms with Crippen LogP contribution in [0.5, 0.6) is 5.75 Å². The van der Waals surface area contributed by atoms with Crippen molar-refractivity contribution in [2.45, 2.75) is 25.6 Å². The van der Waals surface area contributed by atoms with Gasteiger partial charge in [0.15, 0.2) is 0 Å². The fraction of sp³-hybridized carbons (Fsp3) is 0.316. The van der Waals surface area contributed by atoms with Gasteiger partial charge in [-0.2, -0.15) is 0 Å². The summed E-state index contributed by atoms with van der Waals surface area (Å²) in [6.07, 6.45) is 0.904. The van der Waals surface area contributed by atoms with Crippen molar-refractivity contribution in [3.8, 4) is 5.75 Å². The Labute approximate surface area is 141 Å². The van der Waals surface area contributed by atoms with Crippen molar-refractivity contribution >= 4 is 5.97 Å². The predicted octanol–water partition coefficient (Wildman–Crippen LogP) is 2.68. The summed E-state index contributed by atoms with van der Waals surface area (Å²) in [7, 11) is 1.57. The minimum atomic E-state index is -0.913. The Morgan fingerprint density at radius 1 is 1.33 bits per heavy atom. The lowest BCUT2D eigenvalue weighted by molar-refractivity contribution is -0.139. The zero-order chi connectivity index (χ0) is 16.9. The molecule has 1 atom stereocenters. The number of carbonyl (C=O) groups is 1. The molecule has 1 unspecified atom stereocenters. The summed E-state index contributed by atoms with van der Waals surface area (Å²) in [5.41, 5.74) is 4.21. The van der Waals surface area contributed by atoms with Crippen LogP contribution in [0, 0.1) is 0 Å². The second-order valence-electron chi connectivity index (χ2n) is 5.79. The van der Waals surface area contributed by atoms with Crippen molar-refractivity contribution in [3.63, 3.8) is 0 Å². The molecule has 0 amide bonds. The van der Waals surface area contributed by atoms with Gasteiger partial charge >= 0.3 is 5.97 Å². The van der Waals surface area contributed by atoms with E-state index in [9.17, 15) is 9.90 Å². The highest BCUT2D eigenvalue weighted by Gasteiger charge is 2.21. The zero-order valence-corrected chi connectivity index (χ0v) is 13.6. The molecule has 5 nitrogen and oxygen atoms in total. The molecule has 3 rings (SSSR count). The van der Waals surface area contributed by atoms with E-state index in [1.807, 2.05) is 12.1 Å². The molecule has 1 aliphatic heterocycles. The number of rotatable bonds is 6. The number of carboxylic acids is 1. The fourth-order valence-corrected chi connectivity index (χ4v) is 3.01. The van der Waals surface area contributed by atoms with Crippen molar-refractivity contribution < 1.29 is 19.4 Å². The first-order valence-corrected chi connectivity index (χ1v) is 7.96. The topological polar surface area (TPSA) is 67.8 Å². The minimum absolute atomic E-state index is 0.473. The first-order valence-electron chi connectivity index (χ1n) is 7.96. The van der Waals surface area contributed by atoms with Gasteiger partial charge in [-0.05, 0) is 40.8 Å². The Hall–Kier alpha value is -2.37. The van der Waals surface area contributed by atoms with Crippen LogP contribution >= 0.6 is 0 Å². The van der Waals surface area contributed by atoms with Gasteiger partial charge in [0.05, 0.1) is 20.3 Å². The van der Waals surface area contributed by atoms with Gasteiger partial charge < -0.3 is 14.6 Å². The number of nitrogens with one attached hydrogen (secondary N) is 1. The molecule has 2 aromatic carbocycles. The number of methoxy groups -OCH3 is 1. The van der Waals surface area contributed by atoms with E-state index in [0.29, 0.717) is 24.5 Å². The van der Waals surface area contributed by atoms with Gasteiger partial charge in [-0.3, -0.25) is 10.1 Å². The molecule has 0 spiro atoms. The van der Waals surface area contributed by atoms with Crippen LogP contribution in [-0.2, 0) is 29.1 Å². The predicted molar refractivity (Wildman–Crippen MR) is 90.0 cm³/mol. The summed E-state index contributed by atoms with van der Waals surface area (Å²) in [4.78, 5) is 11.7. The van der Waals surface area contributed by atoms with E-state index < -0.39 is 12.0 Å². The molecule has 24 heavy (non-hydrogen) atoms. The molecule has 0 fully saturated rings. The van der Waals surface area contributed by atoms with Gasteiger partial charge in [-0.1, -0.05) is 30.3 Å². The van der Waals surface area contributed by atoms with E-state index in [1.165, 1.54) is 11.1 Å². The Morgan fingerprint density at radius 2 is 2.17 bits per heavy atom. The van der Waals surface area contributed by atoms with Crippen molar-refractivity contribution in [3.05, 3.63) is 64.7 Å². The van der Waals surface area contributed by atoms with E-state index >= 15 is 0 Å². The largest absolute Gasteiger partial charge is 0.497 e. The lowest BCUT2D eigenvalue weighted by Gasteiger charge is -2.21. The second-order valence-corrected chi connectivity index (χ2v) is 5.79. The standard InChI is InChI=1S/C19H21NO4/c1-23-16-7-3-5-14(10-16)18(19(21)22)20-11-15-6-2-4-13-8-9-24-12-17(13)15/h2-7,10,18,20H,8-9,11-12H2,1H3,(H,21,22). The highest BCUT2D eigenvalue weighted by Crippen LogP contribution is 2.23. The zero-order valence-electron chi connectivity index (χ0n) is 13.6. The van der Waals surface area contributed by atoms with Crippen LogP contribution in [0.25, 0.3) is 0 Å². The number of benzene rings is 2. The van der Waals surface area contributed by atoms with Crippen LogP contribution in [0.15, 0.2) is 42.5 Å². The summed E-state index contributed by atoms with van der Waals surface area (Å²) in [6, 6.07) is 12.5. The molecule has 1 heterocycles. The summed E-state index contributed by atoms with van der Waals surface area (Å²) in [5.74, 6) is -0.268. The van der Waals surface area contributed by atoms with Crippen molar-refractivity contribution in [2.75, 3.05) is 13.7 Å². The lowest BCUT2D eigenvalue weighted by atomic mass is 9.97. The number of ether oxygens (including phenoxy) is 2.